The van der Waals surface area contributed by atoms with E-state index in [1.54, 1.807) is 11.3 Å². The van der Waals surface area contributed by atoms with E-state index in [0.717, 1.165) is 12.5 Å². The number of aromatic nitrogens is 1. The highest BCUT2D eigenvalue weighted by Gasteiger charge is 2.40. The number of aryl methyl sites for hydroxylation is 2. The summed E-state index contributed by atoms with van der Waals surface area (Å²) in [4.78, 5) is 0. The summed E-state index contributed by atoms with van der Waals surface area (Å²) in [5.74, 6) is 1.44. The van der Waals surface area contributed by atoms with E-state index in [1.165, 1.54) is 55.8 Å². The van der Waals surface area contributed by atoms with Gasteiger partial charge in [-0.2, -0.15) is 0 Å². The Hall–Kier alpha value is -1.28. The highest BCUT2D eigenvalue weighted by Crippen LogP contribution is 2.47. The molecule has 1 fully saturated rings. The third-order valence-electron chi connectivity index (χ3n) is 6.19. The Kier molecular flexibility index (Phi) is 4.19. The zero-order valence-corrected chi connectivity index (χ0v) is 14.6. The van der Waals surface area contributed by atoms with Crippen LogP contribution in [0, 0.1) is 5.92 Å². The van der Waals surface area contributed by atoms with E-state index in [0.29, 0.717) is 12.0 Å². The summed E-state index contributed by atoms with van der Waals surface area (Å²) < 4.78 is 8.70. The van der Waals surface area contributed by atoms with Crippen molar-refractivity contribution in [2.75, 3.05) is 6.61 Å². The predicted octanol–water partition coefficient (Wildman–Crippen LogP) is 5.19. The first kappa shape index (κ1) is 15.3. The molecular formula is C21H29NO. The molecule has 2 aromatic rings. The van der Waals surface area contributed by atoms with Gasteiger partial charge in [0.05, 0.1) is 6.10 Å². The minimum absolute atomic E-state index is 0.492. The van der Waals surface area contributed by atoms with Crippen LogP contribution < -0.4 is 0 Å². The quantitative estimate of drug-likeness (QED) is 0.708. The van der Waals surface area contributed by atoms with Gasteiger partial charge in [-0.3, -0.25) is 0 Å². The molecule has 23 heavy (non-hydrogen) atoms. The molecule has 0 N–H and O–H groups in total. The molecule has 2 aliphatic rings. The Morgan fingerprint density at radius 1 is 1.17 bits per heavy atom. The van der Waals surface area contributed by atoms with Gasteiger partial charge in [0.25, 0.3) is 0 Å². The second kappa shape index (κ2) is 6.32. The number of rotatable bonds is 4. The van der Waals surface area contributed by atoms with E-state index in [9.17, 15) is 0 Å². The van der Waals surface area contributed by atoms with Gasteiger partial charge in [-0.05, 0) is 43.2 Å². The van der Waals surface area contributed by atoms with E-state index < -0.39 is 0 Å². The summed E-state index contributed by atoms with van der Waals surface area (Å²) in [5.41, 5.74) is 4.65. The van der Waals surface area contributed by atoms with Gasteiger partial charge in [0, 0.05) is 36.2 Å². The smallest absolute Gasteiger partial charge is 0.0609 e. The first-order valence-electron chi connectivity index (χ1n) is 9.49. The van der Waals surface area contributed by atoms with Crippen LogP contribution in [0.5, 0.6) is 0 Å². The zero-order valence-electron chi connectivity index (χ0n) is 14.6. The lowest BCUT2D eigenvalue weighted by Gasteiger charge is -2.42. The summed E-state index contributed by atoms with van der Waals surface area (Å²) >= 11 is 0. The fourth-order valence-corrected chi connectivity index (χ4v) is 5.10. The van der Waals surface area contributed by atoms with Crippen molar-refractivity contribution in [3.05, 3.63) is 35.5 Å². The first-order valence-corrected chi connectivity index (χ1v) is 9.49. The fourth-order valence-electron chi connectivity index (χ4n) is 5.10. The highest BCUT2D eigenvalue weighted by molar-refractivity contribution is 5.86. The van der Waals surface area contributed by atoms with Crippen molar-refractivity contribution in [3.8, 4) is 0 Å². The standard InChI is InChI=1S/C21H29NO/c1-3-4-5-10-20-16-11-12-17-15-8-6-7-9-19(15)22(2)21(17)18(16)13-14-23-20/h6-9,16,18,20H,3-5,10-14H2,1-2H3/t16-,18-,20-/m0/s1. The number of hydrogen-bond acceptors (Lipinski definition) is 1. The number of hydrogen-bond donors (Lipinski definition) is 0. The largest absolute Gasteiger partial charge is 0.378 e. The Labute approximate surface area is 139 Å². The van der Waals surface area contributed by atoms with Crippen molar-refractivity contribution in [1.29, 1.82) is 0 Å². The van der Waals surface area contributed by atoms with Gasteiger partial charge in [-0.15, -0.1) is 0 Å². The summed E-state index contributed by atoms with van der Waals surface area (Å²) in [6, 6.07) is 8.95. The lowest BCUT2D eigenvalue weighted by molar-refractivity contribution is -0.0498. The average Bonchev–Trinajstić information content (AvgIpc) is 2.89. The van der Waals surface area contributed by atoms with Crippen molar-refractivity contribution in [2.45, 2.75) is 63.9 Å². The van der Waals surface area contributed by atoms with Crippen molar-refractivity contribution in [1.82, 2.24) is 4.57 Å². The van der Waals surface area contributed by atoms with Gasteiger partial charge in [0.15, 0.2) is 0 Å². The Morgan fingerprint density at radius 2 is 2.04 bits per heavy atom. The zero-order chi connectivity index (χ0) is 15.8. The van der Waals surface area contributed by atoms with Gasteiger partial charge in [-0.1, -0.05) is 44.4 Å². The molecule has 124 valence electrons. The van der Waals surface area contributed by atoms with Gasteiger partial charge in [-0.25, -0.2) is 0 Å². The molecule has 0 bridgehead atoms. The molecule has 1 aromatic heterocycles. The molecule has 2 nitrogen and oxygen atoms in total. The summed E-state index contributed by atoms with van der Waals surface area (Å²) in [6.07, 6.45) is 9.46. The molecule has 0 spiro atoms. The maximum atomic E-state index is 6.21. The van der Waals surface area contributed by atoms with Crippen molar-refractivity contribution < 1.29 is 4.74 Å². The van der Waals surface area contributed by atoms with E-state index in [2.05, 4.69) is 42.8 Å². The lowest BCUT2D eigenvalue weighted by Crippen LogP contribution is -2.38. The van der Waals surface area contributed by atoms with E-state index in [1.807, 2.05) is 0 Å². The summed E-state index contributed by atoms with van der Waals surface area (Å²) in [6.45, 7) is 3.23. The normalized spacial score (nSPS) is 27.0. The predicted molar refractivity (Wildman–Crippen MR) is 96.0 cm³/mol. The molecule has 1 aromatic carbocycles. The molecule has 0 amide bonds. The highest BCUT2D eigenvalue weighted by atomic mass is 16.5. The van der Waals surface area contributed by atoms with E-state index in [4.69, 9.17) is 4.74 Å². The van der Waals surface area contributed by atoms with Gasteiger partial charge in [0.2, 0.25) is 0 Å². The summed E-state index contributed by atoms with van der Waals surface area (Å²) in [5, 5.41) is 1.48. The van der Waals surface area contributed by atoms with Crippen molar-refractivity contribution in [3.63, 3.8) is 0 Å². The average molecular weight is 311 g/mol. The van der Waals surface area contributed by atoms with Crippen LogP contribution in [0.3, 0.4) is 0 Å². The molecule has 1 saturated heterocycles. The van der Waals surface area contributed by atoms with Crippen molar-refractivity contribution >= 4 is 10.9 Å². The van der Waals surface area contributed by atoms with Gasteiger partial charge >= 0.3 is 0 Å². The molecule has 0 saturated carbocycles. The minimum Gasteiger partial charge on any atom is -0.378 e. The third kappa shape index (κ3) is 2.52. The molecule has 0 unspecified atom stereocenters. The molecule has 3 atom stereocenters. The van der Waals surface area contributed by atoms with Crippen LogP contribution >= 0.6 is 0 Å². The number of ether oxygens (including phenoxy) is 1. The maximum Gasteiger partial charge on any atom is 0.0609 e. The monoisotopic (exact) mass is 311 g/mol. The fraction of sp³-hybridized carbons (Fsp3) is 0.619. The van der Waals surface area contributed by atoms with Crippen LogP contribution in [-0.4, -0.2) is 17.3 Å². The Balaban J connectivity index is 1.67. The SMILES string of the molecule is CCCCC[C@@H]1OCC[C@@H]2c3c(c4ccccc4n3C)CC[C@H]12. The van der Waals surface area contributed by atoms with Crippen LogP contribution in [-0.2, 0) is 18.2 Å². The second-order valence-corrected chi connectivity index (χ2v) is 7.44. The van der Waals surface area contributed by atoms with Crippen molar-refractivity contribution in [2.24, 2.45) is 13.0 Å². The van der Waals surface area contributed by atoms with E-state index in [-0.39, 0.29) is 0 Å². The van der Waals surface area contributed by atoms with Crippen LogP contribution in [0.25, 0.3) is 10.9 Å². The number of unbranched alkanes of at least 4 members (excludes halogenated alkanes) is 2. The molecular weight excluding hydrogens is 282 g/mol. The van der Waals surface area contributed by atoms with Crippen LogP contribution in [0.4, 0.5) is 0 Å². The Bertz CT molecular complexity index is 686. The number of nitrogens with zero attached hydrogens (tertiary/aromatic N) is 1. The Morgan fingerprint density at radius 3 is 2.91 bits per heavy atom. The van der Waals surface area contributed by atoms with Crippen LogP contribution in [0.2, 0.25) is 0 Å². The molecule has 4 rings (SSSR count). The number of benzene rings is 1. The maximum absolute atomic E-state index is 6.21. The third-order valence-corrected chi connectivity index (χ3v) is 6.19. The molecule has 1 aliphatic carbocycles. The van der Waals surface area contributed by atoms with Gasteiger partial charge in [0.1, 0.15) is 0 Å². The van der Waals surface area contributed by atoms with E-state index >= 15 is 0 Å². The topological polar surface area (TPSA) is 14.2 Å². The molecule has 2 heterocycles. The number of para-hydroxylation sites is 1. The van der Waals surface area contributed by atoms with Gasteiger partial charge < -0.3 is 9.30 Å². The summed E-state index contributed by atoms with van der Waals surface area (Å²) in [7, 11) is 2.27. The molecule has 2 heteroatoms. The van der Waals surface area contributed by atoms with Crippen LogP contribution in [0.1, 0.15) is 62.6 Å². The first-order chi connectivity index (χ1) is 11.3. The second-order valence-electron chi connectivity index (χ2n) is 7.44. The lowest BCUT2D eigenvalue weighted by atomic mass is 9.71. The van der Waals surface area contributed by atoms with Crippen LogP contribution in [0.15, 0.2) is 24.3 Å². The molecule has 0 radical (unpaired) electrons. The minimum atomic E-state index is 0.492. The molecule has 1 aliphatic heterocycles. The number of fused-ring (bicyclic) bond motifs is 5.